The van der Waals surface area contributed by atoms with Crippen molar-refractivity contribution in [3.05, 3.63) is 36.1 Å². The molecule has 4 heteroatoms. The van der Waals surface area contributed by atoms with Crippen molar-refractivity contribution in [3.63, 3.8) is 0 Å². The second-order valence-corrected chi connectivity index (χ2v) is 6.45. The number of piperidine rings is 1. The topological polar surface area (TPSA) is 45.5 Å². The molecule has 4 nitrogen and oxygen atoms in total. The van der Waals surface area contributed by atoms with Crippen molar-refractivity contribution in [2.45, 2.75) is 39.2 Å². The largest absolute Gasteiger partial charge is 0.464 e. The van der Waals surface area contributed by atoms with E-state index in [1.165, 1.54) is 10.9 Å². The van der Waals surface area contributed by atoms with Crippen LogP contribution in [-0.2, 0) is 11.3 Å². The molecule has 1 aromatic heterocycles. The monoisotopic (exact) mass is 314 g/mol. The standard InChI is InChI=1S/C19H26N2O2/c1-2-3-10-20-19(22)15-8-11-21(12-9-15)13-16-14-23-18-7-5-4-6-17(16)18/h4-7,14-15H,2-3,8-13H2,1H3,(H,20,22). The van der Waals surface area contributed by atoms with Gasteiger partial charge in [-0.3, -0.25) is 9.69 Å². The molecule has 1 aliphatic heterocycles. The lowest BCUT2D eigenvalue weighted by Gasteiger charge is -2.31. The van der Waals surface area contributed by atoms with Crippen LogP contribution in [0.25, 0.3) is 11.0 Å². The van der Waals surface area contributed by atoms with Crippen LogP contribution in [-0.4, -0.2) is 30.4 Å². The number of nitrogens with zero attached hydrogens (tertiary/aromatic N) is 1. The number of likely N-dealkylation sites (tertiary alicyclic amines) is 1. The summed E-state index contributed by atoms with van der Waals surface area (Å²) in [5.74, 6) is 0.427. The normalized spacial score (nSPS) is 16.7. The quantitative estimate of drug-likeness (QED) is 0.829. The highest BCUT2D eigenvalue weighted by atomic mass is 16.3. The highest BCUT2D eigenvalue weighted by molar-refractivity contribution is 5.81. The van der Waals surface area contributed by atoms with Crippen molar-refractivity contribution in [1.29, 1.82) is 0 Å². The molecule has 0 atom stereocenters. The summed E-state index contributed by atoms with van der Waals surface area (Å²) < 4.78 is 5.61. The van der Waals surface area contributed by atoms with Crippen molar-refractivity contribution >= 4 is 16.9 Å². The number of fused-ring (bicyclic) bond motifs is 1. The summed E-state index contributed by atoms with van der Waals surface area (Å²) in [6.45, 7) is 5.82. The molecule has 1 N–H and O–H groups in total. The zero-order chi connectivity index (χ0) is 16.1. The second-order valence-electron chi connectivity index (χ2n) is 6.45. The molecule has 3 rings (SSSR count). The van der Waals surface area contributed by atoms with Gasteiger partial charge < -0.3 is 9.73 Å². The van der Waals surface area contributed by atoms with E-state index in [2.05, 4.69) is 23.2 Å². The second kappa shape index (κ2) is 7.64. The first-order valence-electron chi connectivity index (χ1n) is 8.73. The number of hydrogen-bond acceptors (Lipinski definition) is 3. The third kappa shape index (κ3) is 3.94. The lowest BCUT2D eigenvalue weighted by Crippen LogP contribution is -2.40. The Morgan fingerprint density at radius 1 is 1.30 bits per heavy atom. The van der Waals surface area contributed by atoms with Gasteiger partial charge in [0.25, 0.3) is 0 Å². The SMILES string of the molecule is CCCCNC(=O)C1CCN(Cc2coc3ccccc23)CC1. The molecule has 0 bridgehead atoms. The Morgan fingerprint density at radius 2 is 2.09 bits per heavy atom. The van der Waals surface area contributed by atoms with E-state index < -0.39 is 0 Å². The Kier molecular flexibility index (Phi) is 5.34. The third-order valence-electron chi connectivity index (χ3n) is 4.74. The fraction of sp³-hybridized carbons (Fsp3) is 0.526. The first kappa shape index (κ1) is 16.1. The van der Waals surface area contributed by atoms with E-state index in [1.54, 1.807) is 0 Å². The Labute approximate surface area is 137 Å². The predicted molar refractivity (Wildman–Crippen MR) is 92.1 cm³/mol. The van der Waals surface area contributed by atoms with Crippen molar-refractivity contribution in [1.82, 2.24) is 10.2 Å². The number of amides is 1. The van der Waals surface area contributed by atoms with Crippen molar-refractivity contribution in [2.24, 2.45) is 5.92 Å². The summed E-state index contributed by atoms with van der Waals surface area (Å²) in [6.07, 6.45) is 5.96. The minimum absolute atomic E-state index is 0.184. The predicted octanol–water partition coefficient (Wildman–Crippen LogP) is 3.56. The lowest BCUT2D eigenvalue weighted by molar-refractivity contribution is -0.126. The van der Waals surface area contributed by atoms with E-state index in [-0.39, 0.29) is 11.8 Å². The smallest absolute Gasteiger partial charge is 0.223 e. The highest BCUT2D eigenvalue weighted by Crippen LogP contribution is 2.24. The lowest BCUT2D eigenvalue weighted by atomic mass is 9.95. The van der Waals surface area contributed by atoms with Crippen LogP contribution >= 0.6 is 0 Å². The van der Waals surface area contributed by atoms with Gasteiger partial charge >= 0.3 is 0 Å². The molecule has 1 fully saturated rings. The van der Waals surface area contributed by atoms with Crippen LogP contribution < -0.4 is 5.32 Å². The number of rotatable bonds is 6. The van der Waals surface area contributed by atoms with E-state index in [1.807, 2.05) is 24.5 Å². The van der Waals surface area contributed by atoms with E-state index in [0.717, 1.165) is 57.4 Å². The average molecular weight is 314 g/mol. The number of benzene rings is 1. The van der Waals surface area contributed by atoms with Crippen LogP contribution in [0.3, 0.4) is 0 Å². The molecular formula is C19H26N2O2. The molecule has 1 amide bonds. The van der Waals surface area contributed by atoms with Gasteiger partial charge in [0, 0.05) is 30.0 Å². The number of carbonyl (C=O) groups is 1. The minimum Gasteiger partial charge on any atom is -0.464 e. The maximum atomic E-state index is 12.1. The molecule has 2 aromatic rings. The fourth-order valence-corrected chi connectivity index (χ4v) is 3.28. The van der Waals surface area contributed by atoms with Crippen LogP contribution in [0.15, 0.2) is 34.9 Å². The zero-order valence-corrected chi connectivity index (χ0v) is 13.9. The number of carbonyl (C=O) groups excluding carboxylic acids is 1. The minimum atomic E-state index is 0.184. The van der Waals surface area contributed by atoms with Crippen molar-refractivity contribution in [3.8, 4) is 0 Å². The third-order valence-corrected chi connectivity index (χ3v) is 4.74. The summed E-state index contributed by atoms with van der Waals surface area (Å²) in [5.41, 5.74) is 2.19. The Hall–Kier alpha value is -1.81. The molecule has 0 aliphatic carbocycles. The number of hydrogen-bond donors (Lipinski definition) is 1. The first-order valence-corrected chi connectivity index (χ1v) is 8.73. The Morgan fingerprint density at radius 3 is 2.87 bits per heavy atom. The van der Waals surface area contributed by atoms with Crippen molar-refractivity contribution in [2.75, 3.05) is 19.6 Å². The van der Waals surface area contributed by atoms with Crippen LogP contribution in [0.2, 0.25) is 0 Å². The van der Waals surface area contributed by atoms with Crippen LogP contribution in [0.4, 0.5) is 0 Å². The molecular weight excluding hydrogens is 288 g/mol. The summed E-state index contributed by atoms with van der Waals surface area (Å²) in [4.78, 5) is 14.6. The van der Waals surface area contributed by atoms with E-state index in [0.29, 0.717) is 0 Å². The van der Waals surface area contributed by atoms with Crippen LogP contribution in [0.1, 0.15) is 38.2 Å². The number of para-hydroxylation sites is 1. The van der Waals surface area contributed by atoms with Gasteiger partial charge in [0.2, 0.25) is 5.91 Å². The van der Waals surface area contributed by atoms with E-state index in [9.17, 15) is 4.79 Å². The Bertz CT molecular complexity index is 642. The first-order chi connectivity index (χ1) is 11.3. The number of nitrogens with one attached hydrogen (secondary N) is 1. The average Bonchev–Trinajstić information content (AvgIpc) is 2.99. The van der Waals surface area contributed by atoms with Crippen molar-refractivity contribution < 1.29 is 9.21 Å². The molecule has 0 radical (unpaired) electrons. The molecule has 0 saturated carbocycles. The Balaban J connectivity index is 1.50. The maximum absolute atomic E-state index is 12.1. The van der Waals surface area contributed by atoms with Gasteiger partial charge in [0.15, 0.2) is 0 Å². The van der Waals surface area contributed by atoms with Gasteiger partial charge in [-0.05, 0) is 38.4 Å². The fourth-order valence-electron chi connectivity index (χ4n) is 3.28. The van der Waals surface area contributed by atoms with Crippen LogP contribution in [0, 0.1) is 5.92 Å². The molecule has 23 heavy (non-hydrogen) atoms. The maximum Gasteiger partial charge on any atom is 0.223 e. The van der Waals surface area contributed by atoms with Crippen LogP contribution in [0.5, 0.6) is 0 Å². The molecule has 2 heterocycles. The molecule has 124 valence electrons. The summed E-state index contributed by atoms with van der Waals surface area (Å²) in [6, 6.07) is 8.17. The molecule has 1 aliphatic rings. The van der Waals surface area contributed by atoms with Gasteiger partial charge in [-0.1, -0.05) is 31.5 Å². The molecule has 0 unspecified atom stereocenters. The van der Waals surface area contributed by atoms with Gasteiger partial charge in [0.05, 0.1) is 6.26 Å². The van der Waals surface area contributed by atoms with Gasteiger partial charge in [-0.15, -0.1) is 0 Å². The summed E-state index contributed by atoms with van der Waals surface area (Å²) in [7, 11) is 0. The summed E-state index contributed by atoms with van der Waals surface area (Å²) >= 11 is 0. The van der Waals surface area contributed by atoms with Gasteiger partial charge in [-0.25, -0.2) is 0 Å². The van der Waals surface area contributed by atoms with E-state index in [4.69, 9.17) is 4.42 Å². The summed E-state index contributed by atoms with van der Waals surface area (Å²) in [5, 5.41) is 4.27. The number of furan rings is 1. The van der Waals surface area contributed by atoms with Gasteiger partial charge in [-0.2, -0.15) is 0 Å². The zero-order valence-electron chi connectivity index (χ0n) is 13.9. The van der Waals surface area contributed by atoms with Gasteiger partial charge in [0.1, 0.15) is 5.58 Å². The highest BCUT2D eigenvalue weighted by Gasteiger charge is 2.25. The molecule has 1 aromatic carbocycles. The molecule has 1 saturated heterocycles. The van der Waals surface area contributed by atoms with E-state index >= 15 is 0 Å². The molecule has 0 spiro atoms. The number of unbranched alkanes of at least 4 members (excludes halogenated alkanes) is 1.